The third-order valence-corrected chi connectivity index (χ3v) is 4.42. The molecule has 1 aromatic carbocycles. The fourth-order valence-corrected chi connectivity index (χ4v) is 2.99. The van der Waals surface area contributed by atoms with Gasteiger partial charge in [0, 0.05) is 38.8 Å². The van der Waals surface area contributed by atoms with Crippen molar-refractivity contribution in [1.82, 2.24) is 15.5 Å². The summed E-state index contributed by atoms with van der Waals surface area (Å²) in [5, 5.41) is 6.59. The largest absolute Gasteiger partial charge is 0.379 e. The lowest BCUT2D eigenvalue weighted by Gasteiger charge is -2.38. The van der Waals surface area contributed by atoms with Gasteiger partial charge in [-0.15, -0.1) is 24.0 Å². The maximum absolute atomic E-state index is 13.6. The topological polar surface area (TPSA) is 48.9 Å². The Bertz CT molecular complexity index is 544. The van der Waals surface area contributed by atoms with Crippen molar-refractivity contribution >= 4 is 29.9 Å². The number of ether oxygens (including phenoxy) is 1. The van der Waals surface area contributed by atoms with Gasteiger partial charge in [0.25, 0.3) is 0 Å². The Kier molecular flexibility index (Phi) is 10.3. The lowest BCUT2D eigenvalue weighted by molar-refractivity contribution is -0.0174. The zero-order chi connectivity index (χ0) is 17.4. The van der Waals surface area contributed by atoms with Gasteiger partial charge in [-0.1, -0.05) is 18.2 Å². The fraction of sp³-hybridized carbons (Fsp3) is 0.611. The summed E-state index contributed by atoms with van der Waals surface area (Å²) in [6.07, 6.45) is 0.628. The highest BCUT2D eigenvalue weighted by atomic mass is 127. The smallest absolute Gasteiger partial charge is 0.191 e. The van der Waals surface area contributed by atoms with Crippen LogP contribution in [0, 0.1) is 5.82 Å². The molecular formula is C18H30FIN4O. The lowest BCUT2D eigenvalue weighted by atomic mass is 10.1. The third-order valence-electron chi connectivity index (χ3n) is 4.42. The van der Waals surface area contributed by atoms with E-state index in [-0.39, 0.29) is 29.8 Å². The molecule has 142 valence electrons. The number of guanidine groups is 1. The van der Waals surface area contributed by atoms with E-state index >= 15 is 0 Å². The Morgan fingerprint density at radius 1 is 1.40 bits per heavy atom. The first kappa shape index (κ1) is 22.1. The first-order valence-electron chi connectivity index (χ1n) is 8.63. The average molecular weight is 464 g/mol. The van der Waals surface area contributed by atoms with Crippen LogP contribution in [0.15, 0.2) is 29.3 Å². The van der Waals surface area contributed by atoms with Crippen LogP contribution >= 0.6 is 24.0 Å². The van der Waals surface area contributed by atoms with Crippen molar-refractivity contribution in [2.24, 2.45) is 4.99 Å². The second-order valence-corrected chi connectivity index (χ2v) is 6.23. The minimum absolute atomic E-state index is 0. The second-order valence-electron chi connectivity index (χ2n) is 6.23. The van der Waals surface area contributed by atoms with E-state index in [0.717, 1.165) is 37.8 Å². The van der Waals surface area contributed by atoms with Crippen molar-refractivity contribution in [2.45, 2.75) is 32.4 Å². The normalized spacial score (nSPS) is 19.8. The van der Waals surface area contributed by atoms with Crippen molar-refractivity contribution in [3.05, 3.63) is 35.6 Å². The third kappa shape index (κ3) is 7.07. The summed E-state index contributed by atoms with van der Waals surface area (Å²) in [6, 6.07) is 7.71. The number of hydrogen-bond acceptors (Lipinski definition) is 3. The molecule has 1 saturated heterocycles. The van der Waals surface area contributed by atoms with Crippen LogP contribution in [0.25, 0.3) is 0 Å². The molecule has 2 rings (SSSR count). The molecule has 0 saturated carbocycles. The Morgan fingerprint density at radius 3 is 2.84 bits per heavy atom. The molecule has 1 aromatic rings. The van der Waals surface area contributed by atoms with Gasteiger partial charge < -0.3 is 15.4 Å². The van der Waals surface area contributed by atoms with Crippen LogP contribution in [-0.4, -0.2) is 62.8 Å². The molecule has 2 unspecified atom stereocenters. The Labute approximate surface area is 167 Å². The van der Waals surface area contributed by atoms with E-state index in [0.29, 0.717) is 25.0 Å². The first-order valence-corrected chi connectivity index (χ1v) is 8.63. The second kappa shape index (κ2) is 11.6. The van der Waals surface area contributed by atoms with E-state index in [1.54, 1.807) is 13.1 Å². The summed E-state index contributed by atoms with van der Waals surface area (Å²) in [7, 11) is 1.75. The molecule has 2 atom stereocenters. The predicted octanol–water partition coefficient (Wildman–Crippen LogP) is 2.26. The van der Waals surface area contributed by atoms with Crippen LogP contribution < -0.4 is 10.6 Å². The maximum Gasteiger partial charge on any atom is 0.191 e. The quantitative estimate of drug-likeness (QED) is 0.386. The number of halogens is 2. The molecule has 0 radical (unpaired) electrons. The summed E-state index contributed by atoms with van der Waals surface area (Å²) in [5.74, 6) is 0.594. The van der Waals surface area contributed by atoms with Crippen LogP contribution in [0.3, 0.4) is 0 Å². The van der Waals surface area contributed by atoms with Gasteiger partial charge in [0.05, 0.1) is 13.2 Å². The molecule has 0 spiro atoms. The van der Waals surface area contributed by atoms with Gasteiger partial charge in [-0.3, -0.25) is 9.89 Å². The Morgan fingerprint density at radius 2 is 2.16 bits per heavy atom. The number of benzene rings is 1. The van der Waals surface area contributed by atoms with Gasteiger partial charge in [0.1, 0.15) is 5.82 Å². The maximum atomic E-state index is 13.6. The molecule has 0 amide bonds. The number of rotatable bonds is 6. The van der Waals surface area contributed by atoms with Gasteiger partial charge in [-0.05, 0) is 31.9 Å². The molecule has 25 heavy (non-hydrogen) atoms. The van der Waals surface area contributed by atoms with E-state index in [9.17, 15) is 4.39 Å². The zero-order valence-corrected chi connectivity index (χ0v) is 17.6. The molecule has 1 aliphatic heterocycles. The molecule has 5 nitrogen and oxygen atoms in total. The summed E-state index contributed by atoms with van der Waals surface area (Å²) in [6.45, 7) is 8.40. The van der Waals surface area contributed by atoms with Gasteiger partial charge in [0.15, 0.2) is 5.96 Å². The minimum atomic E-state index is -0.155. The number of nitrogens with zero attached hydrogens (tertiary/aromatic N) is 2. The summed E-state index contributed by atoms with van der Waals surface area (Å²) >= 11 is 0. The summed E-state index contributed by atoms with van der Waals surface area (Å²) < 4.78 is 19.1. The Hall–Kier alpha value is -0.930. The monoisotopic (exact) mass is 464 g/mol. The number of morpholine rings is 1. The molecule has 0 aliphatic carbocycles. The fourth-order valence-electron chi connectivity index (χ4n) is 2.99. The molecule has 1 aliphatic rings. The van der Waals surface area contributed by atoms with E-state index in [2.05, 4.69) is 34.4 Å². The van der Waals surface area contributed by atoms with Gasteiger partial charge in [-0.2, -0.15) is 0 Å². The molecule has 1 heterocycles. The predicted molar refractivity (Wildman–Crippen MR) is 111 cm³/mol. The van der Waals surface area contributed by atoms with E-state index in [4.69, 9.17) is 4.74 Å². The standard InChI is InChI=1S/C18H29FN4O.HI/c1-14(23-10-11-24-13-15(23)2)12-22-18(20-3)21-9-8-16-6-4-5-7-17(16)19;/h4-7,14-15H,8-13H2,1-3H3,(H2,20,21,22);1H. The van der Waals surface area contributed by atoms with Crippen LogP contribution in [0.1, 0.15) is 19.4 Å². The van der Waals surface area contributed by atoms with Gasteiger partial charge in [-0.25, -0.2) is 4.39 Å². The molecule has 1 fully saturated rings. The van der Waals surface area contributed by atoms with E-state index in [1.165, 1.54) is 6.07 Å². The van der Waals surface area contributed by atoms with E-state index < -0.39 is 0 Å². The lowest BCUT2D eigenvalue weighted by Crippen LogP contribution is -2.53. The minimum Gasteiger partial charge on any atom is -0.379 e. The SMILES string of the molecule is CN=C(NCCc1ccccc1F)NCC(C)N1CCOCC1C.I. The van der Waals surface area contributed by atoms with Crippen LogP contribution in [-0.2, 0) is 11.2 Å². The molecular weight excluding hydrogens is 434 g/mol. The van der Waals surface area contributed by atoms with Crippen molar-refractivity contribution in [2.75, 3.05) is 39.9 Å². The molecule has 2 N–H and O–H groups in total. The van der Waals surface area contributed by atoms with Gasteiger partial charge in [0.2, 0.25) is 0 Å². The van der Waals surface area contributed by atoms with E-state index in [1.807, 2.05) is 12.1 Å². The van der Waals surface area contributed by atoms with Crippen LogP contribution in [0.5, 0.6) is 0 Å². The van der Waals surface area contributed by atoms with Crippen molar-refractivity contribution in [1.29, 1.82) is 0 Å². The molecule has 0 aromatic heterocycles. The van der Waals surface area contributed by atoms with Crippen molar-refractivity contribution < 1.29 is 9.13 Å². The highest BCUT2D eigenvalue weighted by Gasteiger charge is 2.23. The summed E-state index contributed by atoms with van der Waals surface area (Å²) in [5.41, 5.74) is 0.718. The number of aliphatic imine (C=N–C) groups is 1. The summed E-state index contributed by atoms with van der Waals surface area (Å²) in [4.78, 5) is 6.68. The average Bonchev–Trinajstić information content (AvgIpc) is 2.59. The molecule has 0 bridgehead atoms. The number of hydrogen-bond donors (Lipinski definition) is 2. The first-order chi connectivity index (χ1) is 11.6. The highest BCUT2D eigenvalue weighted by molar-refractivity contribution is 14.0. The highest BCUT2D eigenvalue weighted by Crippen LogP contribution is 2.10. The Balaban J connectivity index is 0.00000312. The van der Waals surface area contributed by atoms with Crippen molar-refractivity contribution in [3.8, 4) is 0 Å². The zero-order valence-electron chi connectivity index (χ0n) is 15.3. The van der Waals surface area contributed by atoms with Gasteiger partial charge >= 0.3 is 0 Å². The number of nitrogens with one attached hydrogen (secondary N) is 2. The van der Waals surface area contributed by atoms with Crippen LogP contribution in [0.4, 0.5) is 4.39 Å². The van der Waals surface area contributed by atoms with Crippen LogP contribution in [0.2, 0.25) is 0 Å². The van der Waals surface area contributed by atoms with Crippen molar-refractivity contribution in [3.63, 3.8) is 0 Å². The molecule has 7 heteroatoms.